The zero-order valence-corrected chi connectivity index (χ0v) is 15.0. The van der Waals surface area contributed by atoms with Crippen molar-refractivity contribution in [2.45, 2.75) is 31.6 Å². The molecule has 2 aromatic rings. The molecule has 1 aromatic carbocycles. The molecule has 1 heterocycles. The van der Waals surface area contributed by atoms with Crippen LogP contribution in [0.5, 0.6) is 0 Å². The molecule has 1 aliphatic carbocycles. The second-order valence-corrected chi connectivity index (χ2v) is 7.26. The Balaban J connectivity index is 1.85. The number of hydrogen-bond donors (Lipinski definition) is 1. The van der Waals surface area contributed by atoms with Gasteiger partial charge in [0.05, 0.1) is 18.2 Å². The average Bonchev–Trinajstić information content (AvgIpc) is 2.86. The lowest BCUT2D eigenvalue weighted by Gasteiger charge is -2.40. The number of esters is 1. The minimum Gasteiger partial charge on any atom is -0.465 e. The number of rotatable bonds is 4. The Labute approximate surface area is 149 Å². The summed E-state index contributed by atoms with van der Waals surface area (Å²) in [4.78, 5) is 29.2. The molecule has 0 radical (unpaired) electrons. The van der Waals surface area contributed by atoms with Crippen LogP contribution in [-0.4, -0.2) is 24.0 Å². The second kappa shape index (κ2) is 6.53. The van der Waals surface area contributed by atoms with E-state index in [0.29, 0.717) is 20.7 Å². The molecule has 0 spiro atoms. The van der Waals surface area contributed by atoms with Crippen LogP contribution >= 0.6 is 22.9 Å². The van der Waals surface area contributed by atoms with Gasteiger partial charge in [0.2, 0.25) is 5.91 Å². The average molecular weight is 365 g/mol. The van der Waals surface area contributed by atoms with E-state index in [2.05, 4.69) is 10.3 Å². The Kier molecular flexibility index (Phi) is 4.60. The van der Waals surface area contributed by atoms with E-state index in [9.17, 15) is 9.59 Å². The molecule has 1 N–H and O–H groups in total. The Morgan fingerprint density at radius 1 is 1.38 bits per heavy atom. The van der Waals surface area contributed by atoms with Gasteiger partial charge in [-0.3, -0.25) is 4.79 Å². The van der Waals surface area contributed by atoms with Gasteiger partial charge >= 0.3 is 5.97 Å². The number of nitrogens with zero attached hydrogens (tertiary/aromatic N) is 1. The van der Waals surface area contributed by atoms with E-state index in [-0.39, 0.29) is 5.91 Å². The Bertz CT molecular complexity index is 799. The van der Waals surface area contributed by atoms with Gasteiger partial charge in [0.15, 0.2) is 5.13 Å². The van der Waals surface area contributed by atoms with Crippen molar-refractivity contribution in [3.63, 3.8) is 0 Å². The molecule has 0 atom stereocenters. The van der Waals surface area contributed by atoms with Crippen LogP contribution in [0.4, 0.5) is 5.13 Å². The Morgan fingerprint density at radius 2 is 2.12 bits per heavy atom. The van der Waals surface area contributed by atoms with Crippen LogP contribution in [0.25, 0.3) is 0 Å². The molecule has 24 heavy (non-hydrogen) atoms. The van der Waals surface area contributed by atoms with Crippen LogP contribution in [0, 0.1) is 6.92 Å². The summed E-state index contributed by atoms with van der Waals surface area (Å²) in [5, 5.41) is 3.88. The number of nitrogens with one attached hydrogen (secondary N) is 1. The van der Waals surface area contributed by atoms with E-state index in [1.165, 1.54) is 7.11 Å². The number of benzene rings is 1. The largest absolute Gasteiger partial charge is 0.465 e. The highest BCUT2D eigenvalue weighted by molar-refractivity contribution is 7.17. The lowest BCUT2D eigenvalue weighted by molar-refractivity contribution is -0.124. The van der Waals surface area contributed by atoms with Gasteiger partial charge in [0, 0.05) is 5.02 Å². The van der Waals surface area contributed by atoms with E-state index >= 15 is 0 Å². The van der Waals surface area contributed by atoms with Crippen molar-refractivity contribution in [2.24, 2.45) is 0 Å². The SMILES string of the molecule is COC(=O)c1sc(NC(=O)C2(c3cccc(Cl)c3)CCC2)nc1C. The fourth-order valence-corrected chi connectivity index (χ4v) is 3.98. The number of halogens is 1. The molecule has 1 aromatic heterocycles. The first kappa shape index (κ1) is 16.9. The van der Waals surface area contributed by atoms with Crippen molar-refractivity contribution in [1.82, 2.24) is 4.98 Å². The van der Waals surface area contributed by atoms with Crippen molar-refractivity contribution >= 4 is 39.9 Å². The van der Waals surface area contributed by atoms with E-state index in [4.69, 9.17) is 16.3 Å². The number of aryl methyl sites for hydroxylation is 1. The summed E-state index contributed by atoms with van der Waals surface area (Å²) in [6.07, 6.45) is 2.53. The highest BCUT2D eigenvalue weighted by Crippen LogP contribution is 2.45. The molecule has 126 valence electrons. The van der Waals surface area contributed by atoms with Crippen LogP contribution in [0.1, 0.15) is 40.2 Å². The third-order valence-electron chi connectivity index (χ3n) is 4.41. The van der Waals surface area contributed by atoms with Gasteiger partial charge in [-0.15, -0.1) is 0 Å². The van der Waals surface area contributed by atoms with Crippen molar-refractivity contribution in [3.8, 4) is 0 Å². The lowest BCUT2D eigenvalue weighted by atomic mass is 9.64. The smallest absolute Gasteiger partial charge is 0.350 e. The van der Waals surface area contributed by atoms with Crippen molar-refractivity contribution in [3.05, 3.63) is 45.4 Å². The second-order valence-electron chi connectivity index (χ2n) is 5.83. The first-order chi connectivity index (χ1) is 11.5. The number of hydrogen-bond acceptors (Lipinski definition) is 5. The number of aromatic nitrogens is 1. The molecule has 1 amide bonds. The number of ether oxygens (including phenoxy) is 1. The predicted octanol–water partition coefficient (Wildman–Crippen LogP) is 3.95. The molecule has 5 nitrogen and oxygen atoms in total. The number of methoxy groups -OCH3 is 1. The monoisotopic (exact) mass is 364 g/mol. The van der Waals surface area contributed by atoms with Crippen molar-refractivity contribution < 1.29 is 14.3 Å². The minimum atomic E-state index is -0.574. The maximum Gasteiger partial charge on any atom is 0.350 e. The van der Waals surface area contributed by atoms with Crippen LogP contribution in [0.15, 0.2) is 24.3 Å². The first-order valence-electron chi connectivity index (χ1n) is 7.59. The highest BCUT2D eigenvalue weighted by atomic mass is 35.5. The van der Waals surface area contributed by atoms with E-state index in [1.807, 2.05) is 18.2 Å². The number of anilines is 1. The summed E-state index contributed by atoms with van der Waals surface area (Å²) >= 11 is 7.20. The Morgan fingerprint density at radius 3 is 2.71 bits per heavy atom. The zero-order chi connectivity index (χ0) is 17.3. The molecule has 0 bridgehead atoms. The van der Waals surface area contributed by atoms with Crippen molar-refractivity contribution in [2.75, 3.05) is 12.4 Å². The lowest BCUT2D eigenvalue weighted by Crippen LogP contribution is -2.46. The number of carbonyl (C=O) groups excluding carboxylic acids is 2. The molecule has 0 unspecified atom stereocenters. The molecule has 1 fully saturated rings. The van der Waals surface area contributed by atoms with Crippen LogP contribution < -0.4 is 5.32 Å². The fourth-order valence-electron chi connectivity index (χ4n) is 2.91. The zero-order valence-electron chi connectivity index (χ0n) is 13.4. The van der Waals surface area contributed by atoms with E-state index in [1.54, 1.807) is 13.0 Å². The maximum absolute atomic E-state index is 12.9. The van der Waals surface area contributed by atoms with Crippen LogP contribution in [0.3, 0.4) is 0 Å². The van der Waals surface area contributed by atoms with Crippen LogP contribution in [-0.2, 0) is 14.9 Å². The topological polar surface area (TPSA) is 68.3 Å². The standard InChI is InChI=1S/C17H17ClN2O3S/c1-10-13(14(21)23-2)24-16(19-10)20-15(22)17(7-4-8-17)11-5-3-6-12(18)9-11/h3,5-6,9H,4,7-8H2,1-2H3,(H,19,20,22). The number of amides is 1. The molecule has 3 rings (SSSR count). The molecule has 0 saturated heterocycles. The summed E-state index contributed by atoms with van der Waals surface area (Å²) in [6.45, 7) is 1.72. The number of carbonyl (C=O) groups is 2. The summed E-state index contributed by atoms with van der Waals surface area (Å²) in [6, 6.07) is 7.42. The third-order valence-corrected chi connectivity index (χ3v) is 5.69. The molecule has 7 heteroatoms. The highest BCUT2D eigenvalue weighted by Gasteiger charge is 2.46. The van der Waals surface area contributed by atoms with Gasteiger partial charge in [-0.2, -0.15) is 0 Å². The predicted molar refractivity (Wildman–Crippen MR) is 93.8 cm³/mol. The molecular formula is C17H17ClN2O3S. The summed E-state index contributed by atoms with van der Waals surface area (Å²) in [5.74, 6) is -0.556. The summed E-state index contributed by atoms with van der Waals surface area (Å²) in [5.41, 5.74) is 0.892. The summed E-state index contributed by atoms with van der Waals surface area (Å²) < 4.78 is 4.72. The fraction of sp³-hybridized carbons (Fsp3) is 0.353. The van der Waals surface area contributed by atoms with Gasteiger partial charge < -0.3 is 10.1 Å². The summed E-state index contributed by atoms with van der Waals surface area (Å²) in [7, 11) is 1.32. The van der Waals surface area contributed by atoms with E-state index < -0.39 is 11.4 Å². The molecule has 0 aliphatic heterocycles. The van der Waals surface area contributed by atoms with Gasteiger partial charge in [0.1, 0.15) is 4.88 Å². The Hall–Kier alpha value is -1.92. The van der Waals surface area contributed by atoms with Gasteiger partial charge in [-0.1, -0.05) is 41.5 Å². The van der Waals surface area contributed by atoms with Gasteiger partial charge in [-0.25, -0.2) is 9.78 Å². The molecule has 1 aliphatic rings. The number of thiazole rings is 1. The van der Waals surface area contributed by atoms with E-state index in [0.717, 1.165) is 36.2 Å². The molecular weight excluding hydrogens is 348 g/mol. The third kappa shape index (κ3) is 2.91. The molecule has 1 saturated carbocycles. The normalized spacial score (nSPS) is 15.5. The van der Waals surface area contributed by atoms with Gasteiger partial charge in [-0.05, 0) is 37.5 Å². The quantitative estimate of drug-likeness (QED) is 0.834. The van der Waals surface area contributed by atoms with Crippen molar-refractivity contribution in [1.29, 1.82) is 0 Å². The first-order valence-corrected chi connectivity index (χ1v) is 8.79. The minimum absolute atomic E-state index is 0.110. The maximum atomic E-state index is 12.9. The van der Waals surface area contributed by atoms with Gasteiger partial charge in [0.25, 0.3) is 0 Å². The van der Waals surface area contributed by atoms with Crippen LogP contribution in [0.2, 0.25) is 5.02 Å².